The van der Waals surface area contributed by atoms with Crippen LogP contribution in [0.2, 0.25) is 0 Å². The van der Waals surface area contributed by atoms with Crippen molar-refractivity contribution < 1.29 is 18.1 Å². The highest BCUT2D eigenvalue weighted by molar-refractivity contribution is 7.92. The molecular weight excluding hydrogens is 406 g/mol. The SMILES string of the molecule is CC[C@H](C(=O)N1CCc2ccccc2C1)N(c1cc([N+](=O)[O-])ccc1C)S(C)(=O)=O. The first-order valence-electron chi connectivity index (χ1n) is 9.73. The van der Waals surface area contributed by atoms with Crippen molar-refractivity contribution in [1.82, 2.24) is 4.90 Å². The fourth-order valence-electron chi connectivity index (χ4n) is 3.86. The molecule has 2 aromatic rings. The first-order chi connectivity index (χ1) is 14.1. The molecule has 1 heterocycles. The number of carbonyl (C=O) groups is 1. The highest BCUT2D eigenvalue weighted by Gasteiger charge is 2.36. The zero-order valence-corrected chi connectivity index (χ0v) is 18.1. The molecule has 0 saturated heterocycles. The Morgan fingerprint density at radius 2 is 1.90 bits per heavy atom. The highest BCUT2D eigenvalue weighted by Crippen LogP contribution is 2.31. The second-order valence-corrected chi connectivity index (χ2v) is 9.35. The van der Waals surface area contributed by atoms with Gasteiger partial charge in [0, 0.05) is 25.2 Å². The van der Waals surface area contributed by atoms with Gasteiger partial charge in [-0.3, -0.25) is 19.2 Å². The fraction of sp³-hybridized carbons (Fsp3) is 0.381. The van der Waals surface area contributed by atoms with Crippen LogP contribution in [0.1, 0.15) is 30.0 Å². The molecule has 0 saturated carbocycles. The minimum absolute atomic E-state index is 0.157. The van der Waals surface area contributed by atoms with Crippen molar-refractivity contribution in [3.63, 3.8) is 0 Å². The van der Waals surface area contributed by atoms with Gasteiger partial charge in [-0.1, -0.05) is 37.3 Å². The Morgan fingerprint density at radius 1 is 1.23 bits per heavy atom. The standard InChI is InChI=1S/C21H25N3O5S/c1-4-19(21(25)22-12-11-16-7-5-6-8-17(16)14-22)23(30(3,28)29)20-13-18(24(26)27)10-9-15(20)2/h5-10,13,19H,4,11-12,14H2,1-3H3/t19-/m1/s1. The Labute approximate surface area is 176 Å². The predicted octanol–water partition coefficient (Wildman–Crippen LogP) is 3.03. The normalized spacial score (nSPS) is 14.7. The number of fused-ring (bicyclic) bond motifs is 1. The van der Waals surface area contributed by atoms with Crippen molar-refractivity contribution in [2.45, 2.75) is 39.3 Å². The van der Waals surface area contributed by atoms with Gasteiger partial charge in [-0.05, 0) is 36.5 Å². The third-order valence-electron chi connectivity index (χ3n) is 5.40. The van der Waals surface area contributed by atoms with Gasteiger partial charge in [-0.25, -0.2) is 8.42 Å². The van der Waals surface area contributed by atoms with Gasteiger partial charge in [0.05, 0.1) is 16.9 Å². The molecule has 0 aromatic heterocycles. The number of sulfonamides is 1. The summed E-state index contributed by atoms with van der Waals surface area (Å²) in [5.74, 6) is -0.302. The van der Waals surface area contributed by atoms with Gasteiger partial charge >= 0.3 is 0 Å². The number of nitrogens with zero attached hydrogens (tertiary/aromatic N) is 3. The number of amides is 1. The van der Waals surface area contributed by atoms with E-state index in [2.05, 4.69) is 0 Å². The van der Waals surface area contributed by atoms with Crippen LogP contribution < -0.4 is 4.31 Å². The largest absolute Gasteiger partial charge is 0.336 e. The van der Waals surface area contributed by atoms with Gasteiger partial charge in [0.15, 0.2) is 0 Å². The summed E-state index contributed by atoms with van der Waals surface area (Å²) in [6, 6.07) is 10.9. The van der Waals surface area contributed by atoms with E-state index in [0.717, 1.165) is 16.1 Å². The minimum atomic E-state index is -3.88. The van der Waals surface area contributed by atoms with Crippen molar-refractivity contribution >= 4 is 27.3 Å². The van der Waals surface area contributed by atoms with Crippen LogP contribution >= 0.6 is 0 Å². The number of nitro benzene ring substituents is 1. The van der Waals surface area contributed by atoms with Crippen LogP contribution in [0.15, 0.2) is 42.5 Å². The first-order valence-corrected chi connectivity index (χ1v) is 11.6. The summed E-state index contributed by atoms with van der Waals surface area (Å²) in [5.41, 5.74) is 2.71. The van der Waals surface area contributed by atoms with Crippen LogP contribution in [0.3, 0.4) is 0 Å². The molecule has 2 aromatic carbocycles. The molecule has 0 bridgehead atoms. The van der Waals surface area contributed by atoms with E-state index >= 15 is 0 Å². The molecule has 0 unspecified atom stereocenters. The first kappa shape index (κ1) is 21.8. The summed E-state index contributed by atoms with van der Waals surface area (Å²) in [6.07, 6.45) is 1.96. The van der Waals surface area contributed by atoms with E-state index in [1.165, 1.54) is 23.8 Å². The molecular formula is C21H25N3O5S. The average Bonchev–Trinajstić information content (AvgIpc) is 2.70. The van der Waals surface area contributed by atoms with Gasteiger partial charge in [-0.15, -0.1) is 0 Å². The summed E-state index contributed by atoms with van der Waals surface area (Å²) >= 11 is 0. The number of benzene rings is 2. The maximum atomic E-state index is 13.4. The Balaban J connectivity index is 2.00. The second kappa shape index (κ2) is 8.43. The Hall–Kier alpha value is -2.94. The number of hydrogen-bond donors (Lipinski definition) is 0. The van der Waals surface area contributed by atoms with Crippen LogP contribution in [0.5, 0.6) is 0 Å². The van der Waals surface area contributed by atoms with E-state index in [-0.39, 0.29) is 23.7 Å². The van der Waals surface area contributed by atoms with Crippen molar-refractivity contribution in [3.8, 4) is 0 Å². The van der Waals surface area contributed by atoms with Crippen LogP contribution in [-0.4, -0.2) is 43.0 Å². The van der Waals surface area contributed by atoms with E-state index in [4.69, 9.17) is 0 Å². The number of rotatable bonds is 6. The van der Waals surface area contributed by atoms with Gasteiger partial charge in [0.25, 0.3) is 5.69 Å². The van der Waals surface area contributed by atoms with Crippen LogP contribution in [0, 0.1) is 17.0 Å². The van der Waals surface area contributed by atoms with Gasteiger partial charge in [-0.2, -0.15) is 0 Å². The van der Waals surface area contributed by atoms with E-state index < -0.39 is 21.0 Å². The summed E-state index contributed by atoms with van der Waals surface area (Å²) in [7, 11) is -3.88. The quantitative estimate of drug-likeness (QED) is 0.517. The highest BCUT2D eigenvalue weighted by atomic mass is 32.2. The zero-order valence-electron chi connectivity index (χ0n) is 17.2. The lowest BCUT2D eigenvalue weighted by Crippen LogP contribution is -2.52. The average molecular weight is 432 g/mol. The molecule has 8 nitrogen and oxygen atoms in total. The number of carbonyl (C=O) groups excluding carboxylic acids is 1. The summed E-state index contributed by atoms with van der Waals surface area (Å²) in [4.78, 5) is 25.7. The Kier molecular flexibility index (Phi) is 6.12. The van der Waals surface area contributed by atoms with Crippen molar-refractivity contribution in [2.24, 2.45) is 0 Å². The Bertz CT molecular complexity index is 1080. The molecule has 0 radical (unpaired) electrons. The molecule has 1 atom stereocenters. The lowest BCUT2D eigenvalue weighted by atomic mass is 9.99. The minimum Gasteiger partial charge on any atom is -0.336 e. The second-order valence-electron chi connectivity index (χ2n) is 7.49. The maximum Gasteiger partial charge on any atom is 0.271 e. The third-order valence-corrected chi connectivity index (χ3v) is 6.56. The molecule has 0 fully saturated rings. The third kappa shape index (κ3) is 4.30. The van der Waals surface area contributed by atoms with E-state index in [1.54, 1.807) is 18.7 Å². The zero-order chi connectivity index (χ0) is 22.1. The predicted molar refractivity (Wildman–Crippen MR) is 115 cm³/mol. The number of hydrogen-bond acceptors (Lipinski definition) is 5. The molecule has 0 N–H and O–H groups in total. The van der Waals surface area contributed by atoms with Crippen molar-refractivity contribution in [3.05, 3.63) is 69.3 Å². The van der Waals surface area contributed by atoms with Crippen LogP contribution in [-0.2, 0) is 27.8 Å². The molecule has 30 heavy (non-hydrogen) atoms. The smallest absolute Gasteiger partial charge is 0.271 e. The summed E-state index contributed by atoms with van der Waals surface area (Å²) < 4.78 is 26.5. The topological polar surface area (TPSA) is 101 Å². The van der Waals surface area contributed by atoms with Gasteiger partial charge < -0.3 is 4.90 Å². The summed E-state index contributed by atoms with van der Waals surface area (Å²) in [6.45, 7) is 4.33. The van der Waals surface area contributed by atoms with Crippen LogP contribution in [0.25, 0.3) is 0 Å². The molecule has 0 spiro atoms. The monoisotopic (exact) mass is 431 g/mol. The number of anilines is 1. The van der Waals surface area contributed by atoms with E-state index in [9.17, 15) is 23.3 Å². The van der Waals surface area contributed by atoms with E-state index in [1.807, 2.05) is 24.3 Å². The molecule has 0 aliphatic carbocycles. The Morgan fingerprint density at radius 3 is 2.50 bits per heavy atom. The molecule has 3 rings (SSSR count). The maximum absolute atomic E-state index is 13.4. The molecule has 9 heteroatoms. The van der Waals surface area contributed by atoms with Crippen molar-refractivity contribution in [2.75, 3.05) is 17.1 Å². The van der Waals surface area contributed by atoms with Gasteiger partial charge in [0.1, 0.15) is 6.04 Å². The number of aryl methyl sites for hydroxylation is 1. The lowest BCUT2D eigenvalue weighted by Gasteiger charge is -2.36. The molecule has 1 amide bonds. The van der Waals surface area contributed by atoms with Crippen molar-refractivity contribution in [1.29, 1.82) is 0 Å². The number of nitro groups is 1. The van der Waals surface area contributed by atoms with E-state index in [0.29, 0.717) is 25.1 Å². The number of non-ortho nitro benzene ring substituents is 1. The van der Waals surface area contributed by atoms with Crippen LogP contribution in [0.4, 0.5) is 11.4 Å². The molecule has 160 valence electrons. The van der Waals surface area contributed by atoms with Gasteiger partial charge in [0.2, 0.25) is 15.9 Å². The lowest BCUT2D eigenvalue weighted by molar-refractivity contribution is -0.384. The molecule has 1 aliphatic heterocycles. The summed E-state index contributed by atoms with van der Waals surface area (Å²) in [5, 5.41) is 11.2. The fourth-order valence-corrected chi connectivity index (χ4v) is 5.12. The molecule has 1 aliphatic rings.